The van der Waals surface area contributed by atoms with Crippen molar-refractivity contribution in [1.29, 1.82) is 0 Å². The van der Waals surface area contributed by atoms with Gasteiger partial charge < -0.3 is 10.2 Å². The molecule has 0 aliphatic rings. The van der Waals surface area contributed by atoms with E-state index in [1.54, 1.807) is 6.08 Å². The number of unbranched alkanes of at least 4 members (excludes halogenated alkanes) is 3. The Hall–Kier alpha value is -0.340. The molecule has 0 atom stereocenters. The number of aliphatic hydroxyl groups excluding tert-OH is 2. The van der Waals surface area contributed by atoms with Gasteiger partial charge in [0.05, 0.1) is 0 Å². The van der Waals surface area contributed by atoms with Crippen molar-refractivity contribution in [3.05, 3.63) is 12.7 Å². The van der Waals surface area contributed by atoms with Crippen molar-refractivity contribution in [3.8, 4) is 0 Å². The molecule has 0 aliphatic carbocycles. The van der Waals surface area contributed by atoms with Gasteiger partial charge in [0.25, 0.3) is 0 Å². The Morgan fingerprint density at radius 2 is 1.27 bits per heavy atom. The zero-order chi connectivity index (χ0) is 8.95. The van der Waals surface area contributed by atoms with Crippen LogP contribution in [0.25, 0.3) is 0 Å². The number of rotatable bonds is 5. The first kappa shape index (κ1) is 13.3. The summed E-state index contributed by atoms with van der Waals surface area (Å²) in [5.74, 6) is 0. The molecule has 2 heteroatoms. The smallest absolute Gasteiger partial charge is 0.0431 e. The molecule has 11 heavy (non-hydrogen) atoms. The van der Waals surface area contributed by atoms with Crippen molar-refractivity contribution in [2.45, 2.75) is 32.6 Å². The fourth-order valence-corrected chi connectivity index (χ4v) is 0.577. The van der Waals surface area contributed by atoms with Gasteiger partial charge in [-0.2, -0.15) is 0 Å². The fraction of sp³-hybridized carbons (Fsp3) is 0.778. The molecule has 0 saturated carbocycles. The highest BCUT2D eigenvalue weighted by molar-refractivity contribution is 4.51. The van der Waals surface area contributed by atoms with Crippen LogP contribution in [0.4, 0.5) is 0 Å². The van der Waals surface area contributed by atoms with Gasteiger partial charge in [-0.25, -0.2) is 0 Å². The summed E-state index contributed by atoms with van der Waals surface area (Å²) in [7, 11) is 0. The lowest BCUT2D eigenvalue weighted by Crippen LogP contribution is -1.85. The van der Waals surface area contributed by atoms with Crippen LogP contribution in [0.2, 0.25) is 0 Å². The van der Waals surface area contributed by atoms with E-state index in [0.29, 0.717) is 0 Å². The van der Waals surface area contributed by atoms with Gasteiger partial charge in [0.1, 0.15) is 0 Å². The molecule has 0 aromatic heterocycles. The van der Waals surface area contributed by atoms with Gasteiger partial charge in [0.15, 0.2) is 0 Å². The molecule has 0 unspecified atom stereocenters. The Kier molecular flexibility index (Phi) is 19.7. The van der Waals surface area contributed by atoms with E-state index in [1.807, 2.05) is 6.92 Å². The molecule has 0 rings (SSSR count). The van der Waals surface area contributed by atoms with Crippen LogP contribution in [0.5, 0.6) is 0 Å². The quantitative estimate of drug-likeness (QED) is 0.475. The van der Waals surface area contributed by atoms with E-state index in [0.717, 1.165) is 25.7 Å². The highest BCUT2D eigenvalue weighted by Crippen LogP contribution is 1.96. The summed E-state index contributed by atoms with van der Waals surface area (Å²) in [6.45, 7) is 5.82. The van der Waals surface area contributed by atoms with Crippen LogP contribution in [0.15, 0.2) is 12.7 Å². The molecule has 68 valence electrons. The molecule has 0 fully saturated rings. The van der Waals surface area contributed by atoms with Crippen molar-refractivity contribution >= 4 is 0 Å². The average molecular weight is 160 g/mol. The summed E-state index contributed by atoms with van der Waals surface area (Å²) in [6, 6.07) is 0. The zero-order valence-corrected chi connectivity index (χ0v) is 7.42. The van der Waals surface area contributed by atoms with Crippen molar-refractivity contribution in [3.63, 3.8) is 0 Å². The Balaban J connectivity index is 0. The summed E-state index contributed by atoms with van der Waals surface area (Å²) in [4.78, 5) is 0. The van der Waals surface area contributed by atoms with Gasteiger partial charge in [-0.05, 0) is 19.8 Å². The first-order chi connectivity index (χ1) is 5.33. The average Bonchev–Trinajstić information content (AvgIpc) is 2.00. The van der Waals surface area contributed by atoms with Gasteiger partial charge in [0, 0.05) is 13.2 Å². The van der Waals surface area contributed by atoms with Crippen LogP contribution in [-0.4, -0.2) is 23.4 Å². The van der Waals surface area contributed by atoms with Crippen LogP contribution in [0.3, 0.4) is 0 Å². The maximum absolute atomic E-state index is 8.30. The summed E-state index contributed by atoms with van der Waals surface area (Å²) in [5, 5.41) is 16.6. The molecule has 0 radical (unpaired) electrons. The molecule has 0 aromatic carbocycles. The minimum Gasteiger partial charge on any atom is -0.396 e. The molecule has 2 nitrogen and oxygen atoms in total. The third-order valence-corrected chi connectivity index (χ3v) is 1.07. The Morgan fingerprint density at radius 3 is 1.45 bits per heavy atom. The lowest BCUT2D eigenvalue weighted by atomic mass is 10.2. The summed E-state index contributed by atoms with van der Waals surface area (Å²) in [5.41, 5.74) is 0. The van der Waals surface area contributed by atoms with Crippen molar-refractivity contribution in [1.82, 2.24) is 0 Å². The van der Waals surface area contributed by atoms with Crippen molar-refractivity contribution in [2.24, 2.45) is 0 Å². The monoisotopic (exact) mass is 160 g/mol. The Labute approximate surface area is 69.6 Å². The number of aliphatic hydroxyl groups is 2. The largest absolute Gasteiger partial charge is 0.396 e. The second kappa shape index (κ2) is 16.3. The SMILES string of the molecule is C=CC.OCCCCCCO. The van der Waals surface area contributed by atoms with Crippen LogP contribution in [-0.2, 0) is 0 Å². The van der Waals surface area contributed by atoms with E-state index < -0.39 is 0 Å². The molecule has 0 saturated heterocycles. The van der Waals surface area contributed by atoms with E-state index in [4.69, 9.17) is 10.2 Å². The van der Waals surface area contributed by atoms with Gasteiger partial charge in [-0.3, -0.25) is 0 Å². The third-order valence-electron chi connectivity index (χ3n) is 1.07. The summed E-state index contributed by atoms with van der Waals surface area (Å²) in [6.07, 6.45) is 5.58. The number of hydrogen-bond acceptors (Lipinski definition) is 2. The number of allylic oxidation sites excluding steroid dienone is 1. The van der Waals surface area contributed by atoms with Gasteiger partial charge in [-0.1, -0.05) is 18.9 Å². The predicted octanol–water partition coefficient (Wildman–Crippen LogP) is 1.72. The molecule has 0 bridgehead atoms. The van der Waals surface area contributed by atoms with E-state index in [-0.39, 0.29) is 13.2 Å². The molecule has 0 aliphatic heterocycles. The van der Waals surface area contributed by atoms with Crippen LogP contribution >= 0.6 is 0 Å². The highest BCUT2D eigenvalue weighted by atomic mass is 16.3. The summed E-state index contributed by atoms with van der Waals surface area (Å²) < 4.78 is 0. The van der Waals surface area contributed by atoms with Crippen molar-refractivity contribution < 1.29 is 10.2 Å². The van der Waals surface area contributed by atoms with Crippen LogP contribution < -0.4 is 0 Å². The first-order valence-electron chi connectivity index (χ1n) is 4.12. The van der Waals surface area contributed by atoms with Gasteiger partial charge in [-0.15, -0.1) is 6.58 Å². The van der Waals surface area contributed by atoms with E-state index in [2.05, 4.69) is 6.58 Å². The molecule has 0 amide bonds. The Bertz CT molecular complexity index is 56.6. The summed E-state index contributed by atoms with van der Waals surface area (Å²) >= 11 is 0. The first-order valence-corrected chi connectivity index (χ1v) is 4.12. The molecular weight excluding hydrogens is 140 g/mol. The van der Waals surface area contributed by atoms with Gasteiger partial charge in [0.2, 0.25) is 0 Å². The molecule has 0 spiro atoms. The fourth-order valence-electron chi connectivity index (χ4n) is 0.577. The molecule has 0 heterocycles. The van der Waals surface area contributed by atoms with Crippen LogP contribution in [0.1, 0.15) is 32.6 Å². The second-order valence-electron chi connectivity index (χ2n) is 2.27. The maximum Gasteiger partial charge on any atom is 0.0431 e. The van der Waals surface area contributed by atoms with Gasteiger partial charge >= 0.3 is 0 Å². The lowest BCUT2D eigenvalue weighted by molar-refractivity contribution is 0.265. The number of hydrogen-bond donors (Lipinski definition) is 2. The van der Waals surface area contributed by atoms with Crippen LogP contribution in [0, 0.1) is 0 Å². The lowest BCUT2D eigenvalue weighted by Gasteiger charge is -1.93. The van der Waals surface area contributed by atoms with Crippen molar-refractivity contribution in [2.75, 3.05) is 13.2 Å². The standard InChI is InChI=1S/C6H14O2.C3H6/c7-5-3-1-2-4-6-8;1-3-2/h7-8H,1-6H2;3H,1H2,2H3. The normalized spacial score (nSPS) is 8.27. The zero-order valence-electron chi connectivity index (χ0n) is 7.42. The van der Waals surface area contributed by atoms with E-state index in [1.165, 1.54) is 0 Å². The Morgan fingerprint density at radius 1 is 1.00 bits per heavy atom. The maximum atomic E-state index is 8.30. The minimum atomic E-state index is 0.283. The topological polar surface area (TPSA) is 40.5 Å². The molecular formula is C9H20O2. The minimum absolute atomic E-state index is 0.283. The predicted molar refractivity (Wildman–Crippen MR) is 48.5 cm³/mol. The highest BCUT2D eigenvalue weighted by Gasteiger charge is 1.84. The van der Waals surface area contributed by atoms with E-state index in [9.17, 15) is 0 Å². The molecule has 0 aromatic rings. The third kappa shape index (κ3) is 26.1. The van der Waals surface area contributed by atoms with E-state index >= 15 is 0 Å². The second-order valence-corrected chi connectivity index (χ2v) is 2.27. The molecule has 2 N–H and O–H groups in total.